The van der Waals surface area contributed by atoms with Crippen LogP contribution in [0.4, 0.5) is 0 Å². The van der Waals surface area contributed by atoms with E-state index >= 15 is 0 Å². The van der Waals surface area contributed by atoms with Crippen molar-refractivity contribution in [2.45, 2.75) is 25.8 Å². The second-order valence-electron chi connectivity index (χ2n) is 6.67. The summed E-state index contributed by atoms with van der Waals surface area (Å²) in [5, 5.41) is 2.88. The molecule has 29 heavy (non-hydrogen) atoms. The van der Waals surface area contributed by atoms with Crippen LogP contribution in [0.5, 0.6) is 0 Å². The van der Waals surface area contributed by atoms with E-state index < -0.39 is 17.2 Å². The first-order chi connectivity index (χ1) is 12.8. The zero-order valence-corrected chi connectivity index (χ0v) is 17.5. The first kappa shape index (κ1) is 24.4. The van der Waals surface area contributed by atoms with Crippen molar-refractivity contribution in [3.63, 3.8) is 0 Å². The van der Waals surface area contributed by atoms with Gasteiger partial charge in [0.1, 0.15) is 5.65 Å². The van der Waals surface area contributed by atoms with Crippen LogP contribution in [0.25, 0.3) is 11.0 Å². The normalized spacial score (nSPS) is 11.4. The van der Waals surface area contributed by atoms with E-state index in [9.17, 15) is 14.4 Å². The van der Waals surface area contributed by atoms with Crippen LogP contribution >= 0.6 is 24.8 Å². The van der Waals surface area contributed by atoms with Crippen LogP contribution in [-0.2, 0) is 0 Å². The number of nitrogens with one attached hydrogen (secondary N) is 3. The monoisotopic (exact) mass is 439 g/mol. The summed E-state index contributed by atoms with van der Waals surface area (Å²) in [4.78, 5) is 43.9. The van der Waals surface area contributed by atoms with Crippen LogP contribution in [0.15, 0.2) is 46.1 Å². The highest BCUT2D eigenvalue weighted by atomic mass is 35.5. The number of amides is 1. The number of hydrogen-bond acceptors (Lipinski definition) is 5. The molecule has 0 saturated carbocycles. The van der Waals surface area contributed by atoms with Crippen molar-refractivity contribution in [3.8, 4) is 0 Å². The number of aromatic amines is 2. The van der Waals surface area contributed by atoms with Crippen LogP contribution < -0.4 is 22.3 Å². The van der Waals surface area contributed by atoms with Gasteiger partial charge in [-0.25, -0.2) is 9.78 Å². The Hall–Kier alpha value is -2.68. The second-order valence-corrected chi connectivity index (χ2v) is 6.67. The number of halogens is 2. The molecule has 1 amide bonds. The summed E-state index contributed by atoms with van der Waals surface area (Å²) in [6, 6.07) is 9.00. The average Bonchev–Trinajstić information content (AvgIpc) is 2.65. The fraction of sp³-hybridized carbons (Fsp3) is 0.263. The molecule has 8 nitrogen and oxygen atoms in total. The molecule has 2 aromatic heterocycles. The van der Waals surface area contributed by atoms with E-state index in [-0.39, 0.29) is 54.0 Å². The predicted molar refractivity (Wildman–Crippen MR) is 117 cm³/mol. The number of nitrogens with zero attached hydrogens (tertiary/aromatic N) is 1. The molecule has 0 aliphatic carbocycles. The molecule has 0 aliphatic rings. The fourth-order valence-electron chi connectivity index (χ4n) is 2.72. The molecule has 2 heterocycles. The van der Waals surface area contributed by atoms with E-state index in [2.05, 4.69) is 34.1 Å². The lowest BCUT2D eigenvalue weighted by Crippen LogP contribution is -2.32. The molecule has 10 heteroatoms. The molecule has 1 aromatic carbocycles. The highest BCUT2D eigenvalue weighted by molar-refractivity contribution is 5.96. The summed E-state index contributed by atoms with van der Waals surface area (Å²) < 4.78 is 0. The largest absolute Gasteiger partial charge is 0.350 e. The van der Waals surface area contributed by atoms with Gasteiger partial charge in [0, 0.05) is 18.8 Å². The molecule has 3 aromatic rings. The lowest BCUT2D eigenvalue weighted by molar-refractivity contribution is 0.0951. The minimum Gasteiger partial charge on any atom is -0.350 e. The third-order valence-corrected chi connectivity index (χ3v) is 4.37. The molecular formula is C19H23Cl2N5O3. The molecule has 1 unspecified atom stereocenters. The average molecular weight is 440 g/mol. The fourth-order valence-corrected chi connectivity index (χ4v) is 2.72. The van der Waals surface area contributed by atoms with Crippen molar-refractivity contribution in [2.24, 2.45) is 5.73 Å². The maximum Gasteiger partial charge on any atom is 0.327 e. The summed E-state index contributed by atoms with van der Waals surface area (Å²) in [6.07, 6.45) is 1.30. The topological polar surface area (TPSA) is 134 Å². The Balaban J connectivity index is 0.00000210. The summed E-state index contributed by atoms with van der Waals surface area (Å²) in [7, 11) is 0. The quantitative estimate of drug-likeness (QED) is 0.482. The van der Waals surface area contributed by atoms with Gasteiger partial charge in [-0.15, -0.1) is 24.8 Å². The van der Waals surface area contributed by atoms with Crippen LogP contribution in [0, 0.1) is 0 Å². The number of aromatic nitrogens is 3. The maximum atomic E-state index is 12.4. The summed E-state index contributed by atoms with van der Waals surface area (Å²) >= 11 is 0. The van der Waals surface area contributed by atoms with Gasteiger partial charge in [-0.3, -0.25) is 19.6 Å². The van der Waals surface area contributed by atoms with Gasteiger partial charge < -0.3 is 11.1 Å². The molecule has 1 atom stereocenters. The molecule has 5 N–H and O–H groups in total. The van der Waals surface area contributed by atoms with Crippen LogP contribution in [0.1, 0.15) is 47.3 Å². The Morgan fingerprint density at radius 1 is 1.10 bits per heavy atom. The molecule has 0 aliphatic heterocycles. The second kappa shape index (κ2) is 10.2. The van der Waals surface area contributed by atoms with Gasteiger partial charge in [0.25, 0.3) is 11.5 Å². The third-order valence-electron chi connectivity index (χ3n) is 4.37. The van der Waals surface area contributed by atoms with Crippen molar-refractivity contribution in [3.05, 3.63) is 74.1 Å². The van der Waals surface area contributed by atoms with Crippen molar-refractivity contribution in [1.82, 2.24) is 20.3 Å². The van der Waals surface area contributed by atoms with Crippen molar-refractivity contribution in [1.29, 1.82) is 0 Å². The Kier molecular flexibility index (Phi) is 8.57. The Labute approximate surface area is 179 Å². The Morgan fingerprint density at radius 2 is 1.72 bits per heavy atom. The van der Waals surface area contributed by atoms with Gasteiger partial charge in [0.05, 0.1) is 10.9 Å². The van der Waals surface area contributed by atoms with E-state index in [0.29, 0.717) is 5.92 Å². The van der Waals surface area contributed by atoms with E-state index in [1.54, 1.807) is 0 Å². The van der Waals surface area contributed by atoms with Gasteiger partial charge in [0.15, 0.2) is 0 Å². The highest BCUT2D eigenvalue weighted by Gasteiger charge is 2.12. The molecule has 0 saturated heterocycles. The van der Waals surface area contributed by atoms with E-state index in [1.807, 2.05) is 24.3 Å². The SMILES string of the molecule is CC(C)c1ccc(C(N)CNC(=O)c2cnc3[nH]c(=O)[nH]c(=O)c3c2)cc1.Cl.Cl. The first-order valence-corrected chi connectivity index (χ1v) is 8.61. The molecule has 0 bridgehead atoms. The van der Waals surface area contributed by atoms with E-state index in [4.69, 9.17) is 5.73 Å². The van der Waals surface area contributed by atoms with Gasteiger partial charge in [-0.1, -0.05) is 38.1 Å². The van der Waals surface area contributed by atoms with Crippen molar-refractivity contribution < 1.29 is 4.79 Å². The van der Waals surface area contributed by atoms with Gasteiger partial charge in [0.2, 0.25) is 0 Å². The Morgan fingerprint density at radius 3 is 2.34 bits per heavy atom. The number of carbonyl (C=O) groups is 1. The standard InChI is InChI=1S/C19H21N5O3.2ClH/c1-10(2)11-3-5-12(6-4-11)15(20)9-22-17(25)13-7-14-16(21-8-13)23-19(27)24-18(14)26;;/h3-8,10,15H,9,20H2,1-2H3,(H,22,25)(H2,21,23,24,26,27);2*1H. The zero-order valence-electron chi connectivity index (χ0n) is 15.9. The minimum absolute atomic E-state index is 0. The third kappa shape index (κ3) is 5.66. The molecule has 0 spiro atoms. The number of carbonyl (C=O) groups excluding carboxylic acids is 1. The molecule has 0 radical (unpaired) electrons. The number of hydrogen-bond donors (Lipinski definition) is 4. The highest BCUT2D eigenvalue weighted by Crippen LogP contribution is 2.17. The summed E-state index contributed by atoms with van der Waals surface area (Å²) in [6.45, 7) is 4.47. The molecule has 3 rings (SSSR count). The van der Waals surface area contributed by atoms with Gasteiger partial charge in [-0.2, -0.15) is 0 Å². The van der Waals surface area contributed by atoms with Gasteiger partial charge in [-0.05, 0) is 23.1 Å². The van der Waals surface area contributed by atoms with Crippen molar-refractivity contribution in [2.75, 3.05) is 6.54 Å². The van der Waals surface area contributed by atoms with E-state index in [0.717, 1.165) is 5.56 Å². The smallest absolute Gasteiger partial charge is 0.327 e. The number of H-pyrrole nitrogens is 2. The maximum absolute atomic E-state index is 12.4. The van der Waals surface area contributed by atoms with Crippen LogP contribution in [-0.4, -0.2) is 27.4 Å². The zero-order chi connectivity index (χ0) is 19.6. The number of pyridine rings is 1. The molecular weight excluding hydrogens is 417 g/mol. The first-order valence-electron chi connectivity index (χ1n) is 8.61. The summed E-state index contributed by atoms with van der Waals surface area (Å²) in [5.74, 6) is 0.0396. The van der Waals surface area contributed by atoms with Crippen LogP contribution in [0.3, 0.4) is 0 Å². The summed E-state index contributed by atoms with van der Waals surface area (Å²) in [5.41, 5.74) is 7.39. The van der Waals surface area contributed by atoms with E-state index in [1.165, 1.54) is 17.8 Å². The van der Waals surface area contributed by atoms with Crippen molar-refractivity contribution >= 4 is 41.8 Å². The number of nitrogens with two attached hydrogens (primary N) is 1. The molecule has 156 valence electrons. The molecule has 0 fully saturated rings. The van der Waals surface area contributed by atoms with Gasteiger partial charge >= 0.3 is 5.69 Å². The predicted octanol–water partition coefficient (Wildman–Crippen LogP) is 2.01. The lowest BCUT2D eigenvalue weighted by atomic mass is 9.99. The number of benzene rings is 1. The Bertz CT molecular complexity index is 1090. The minimum atomic E-state index is -0.647. The number of fused-ring (bicyclic) bond motifs is 1. The van der Waals surface area contributed by atoms with Crippen LogP contribution in [0.2, 0.25) is 0 Å². The lowest BCUT2D eigenvalue weighted by Gasteiger charge is -2.14. The number of rotatable bonds is 5.